The molecule has 20 heavy (non-hydrogen) atoms. The summed E-state index contributed by atoms with van der Waals surface area (Å²) in [4.78, 5) is 23.7. The van der Waals surface area contributed by atoms with Gasteiger partial charge >= 0.3 is 12.0 Å². The fraction of sp³-hybridized carbons (Fsp3) is 0.385. The van der Waals surface area contributed by atoms with E-state index >= 15 is 0 Å². The summed E-state index contributed by atoms with van der Waals surface area (Å²) in [5.41, 5.74) is 0.657. The third-order valence-electron chi connectivity index (χ3n) is 2.74. The molecule has 1 aromatic carbocycles. The lowest BCUT2D eigenvalue weighted by Gasteiger charge is -2.20. The van der Waals surface area contributed by atoms with E-state index in [0.717, 1.165) is 0 Å². The van der Waals surface area contributed by atoms with Crippen LogP contribution in [0.5, 0.6) is 0 Å². The Balaban J connectivity index is 2.50. The number of hydrogen-bond donors (Lipinski definition) is 2. The van der Waals surface area contributed by atoms with E-state index in [9.17, 15) is 14.0 Å². The monoisotopic (exact) mass is 302 g/mol. The summed E-state index contributed by atoms with van der Waals surface area (Å²) in [5.74, 6) is -2.13. The molecule has 110 valence electrons. The number of nitrogens with zero attached hydrogens (tertiary/aromatic N) is 1. The average molecular weight is 303 g/mol. The molecule has 0 saturated heterocycles. The number of nitrogens with one attached hydrogen (secondary N) is 1. The Morgan fingerprint density at radius 3 is 2.70 bits per heavy atom. The minimum atomic E-state index is -0.963. The number of carboxylic acids is 1. The van der Waals surface area contributed by atoms with Gasteiger partial charge in [0.2, 0.25) is 0 Å². The van der Waals surface area contributed by atoms with E-state index in [1.54, 1.807) is 0 Å². The fourth-order valence-corrected chi connectivity index (χ4v) is 1.74. The van der Waals surface area contributed by atoms with Crippen LogP contribution in [-0.4, -0.2) is 35.6 Å². The number of aliphatic carboxylic acids is 1. The number of carboxylic acid groups (broad SMARTS) is 1. The number of hydrogen-bond acceptors (Lipinski definition) is 2. The van der Waals surface area contributed by atoms with Gasteiger partial charge in [-0.25, -0.2) is 9.18 Å². The van der Waals surface area contributed by atoms with E-state index in [0.29, 0.717) is 5.56 Å². The van der Waals surface area contributed by atoms with E-state index in [1.165, 1.54) is 37.1 Å². The van der Waals surface area contributed by atoms with E-state index < -0.39 is 23.7 Å². The number of amides is 2. The maximum Gasteiger partial charge on any atom is 0.317 e. The first-order valence-electron chi connectivity index (χ1n) is 5.97. The second-order valence-electron chi connectivity index (χ2n) is 4.53. The van der Waals surface area contributed by atoms with Crippen molar-refractivity contribution < 1.29 is 19.1 Å². The lowest BCUT2D eigenvalue weighted by atomic mass is 10.2. The lowest BCUT2D eigenvalue weighted by Crippen LogP contribution is -2.40. The third-order valence-corrected chi connectivity index (χ3v) is 3.03. The van der Waals surface area contributed by atoms with Crippen molar-refractivity contribution in [2.45, 2.75) is 13.5 Å². The first-order chi connectivity index (χ1) is 9.31. The molecule has 2 amide bonds. The molecule has 1 rings (SSSR count). The number of rotatable bonds is 5. The zero-order chi connectivity index (χ0) is 15.3. The molecule has 1 unspecified atom stereocenters. The Bertz CT molecular complexity index is 510. The Labute approximate surface area is 121 Å². The molecule has 1 atom stereocenters. The van der Waals surface area contributed by atoms with Gasteiger partial charge in [-0.3, -0.25) is 4.79 Å². The predicted octanol–water partition coefficient (Wildman–Crippen LogP) is 2.34. The minimum Gasteiger partial charge on any atom is -0.481 e. The molecule has 2 N–H and O–H groups in total. The van der Waals surface area contributed by atoms with Crippen molar-refractivity contribution in [3.8, 4) is 0 Å². The van der Waals surface area contributed by atoms with Gasteiger partial charge in [-0.1, -0.05) is 24.6 Å². The molecule has 0 heterocycles. The normalized spacial score (nSPS) is 11.8. The van der Waals surface area contributed by atoms with Crippen molar-refractivity contribution in [3.63, 3.8) is 0 Å². The molecule has 0 saturated carbocycles. The number of halogens is 2. The highest BCUT2D eigenvalue weighted by Gasteiger charge is 2.17. The van der Waals surface area contributed by atoms with Crippen LogP contribution in [0.25, 0.3) is 0 Å². The van der Waals surface area contributed by atoms with Gasteiger partial charge in [-0.05, 0) is 17.7 Å². The molecule has 0 radical (unpaired) electrons. The summed E-state index contributed by atoms with van der Waals surface area (Å²) in [6, 6.07) is 3.76. The molecular formula is C13H16ClFN2O3. The summed E-state index contributed by atoms with van der Waals surface area (Å²) in [7, 11) is 1.51. The highest BCUT2D eigenvalue weighted by molar-refractivity contribution is 6.30. The molecule has 5 nitrogen and oxygen atoms in total. The maximum absolute atomic E-state index is 13.0. The summed E-state index contributed by atoms with van der Waals surface area (Å²) in [5, 5.41) is 11.4. The number of carbonyl (C=O) groups excluding carboxylic acids is 1. The maximum atomic E-state index is 13.0. The van der Waals surface area contributed by atoms with Gasteiger partial charge < -0.3 is 15.3 Å². The van der Waals surface area contributed by atoms with Crippen LogP contribution in [0.3, 0.4) is 0 Å². The van der Waals surface area contributed by atoms with E-state index in [2.05, 4.69) is 5.32 Å². The largest absolute Gasteiger partial charge is 0.481 e. The predicted molar refractivity (Wildman–Crippen MR) is 73.1 cm³/mol. The summed E-state index contributed by atoms with van der Waals surface area (Å²) in [6.07, 6.45) is 0. The lowest BCUT2D eigenvalue weighted by molar-refractivity contribution is -0.141. The smallest absolute Gasteiger partial charge is 0.317 e. The standard InChI is InChI=1S/C13H16ClFN2O3/c1-8(12(18)19)7-17(2)13(20)16-6-9-3-4-11(15)10(14)5-9/h3-5,8H,6-7H2,1-2H3,(H,16,20)(H,18,19). The van der Waals surface area contributed by atoms with Crippen LogP contribution in [0.2, 0.25) is 5.02 Å². The Hall–Kier alpha value is -1.82. The molecule has 0 fully saturated rings. The summed E-state index contributed by atoms with van der Waals surface area (Å²) >= 11 is 5.63. The second-order valence-corrected chi connectivity index (χ2v) is 4.93. The van der Waals surface area contributed by atoms with Gasteiger partial charge in [0.1, 0.15) is 5.82 Å². The molecule has 0 spiro atoms. The first kappa shape index (κ1) is 16.2. The van der Waals surface area contributed by atoms with Crippen molar-refractivity contribution in [3.05, 3.63) is 34.6 Å². The molecule has 0 aliphatic carbocycles. The molecular weight excluding hydrogens is 287 g/mol. The SMILES string of the molecule is CC(CN(C)C(=O)NCc1ccc(F)c(Cl)c1)C(=O)O. The minimum absolute atomic E-state index is 0.00963. The van der Waals surface area contributed by atoms with E-state index in [1.807, 2.05) is 0 Å². The Morgan fingerprint density at radius 2 is 2.15 bits per heavy atom. The van der Waals surface area contributed by atoms with Crippen LogP contribution < -0.4 is 5.32 Å². The van der Waals surface area contributed by atoms with Gasteiger partial charge in [-0.2, -0.15) is 0 Å². The highest BCUT2D eigenvalue weighted by atomic mass is 35.5. The molecule has 0 bridgehead atoms. The summed E-state index contributed by atoms with van der Waals surface area (Å²) in [6.45, 7) is 1.81. The van der Waals surface area contributed by atoms with E-state index in [-0.39, 0.29) is 18.1 Å². The van der Waals surface area contributed by atoms with Crippen molar-refractivity contribution in [2.24, 2.45) is 5.92 Å². The Morgan fingerprint density at radius 1 is 1.50 bits per heavy atom. The van der Waals surface area contributed by atoms with Gasteiger partial charge in [0.05, 0.1) is 10.9 Å². The average Bonchev–Trinajstić information content (AvgIpc) is 2.39. The van der Waals surface area contributed by atoms with Gasteiger partial charge in [0, 0.05) is 20.1 Å². The van der Waals surface area contributed by atoms with Gasteiger partial charge in [-0.15, -0.1) is 0 Å². The summed E-state index contributed by atoms with van der Waals surface area (Å²) < 4.78 is 13.0. The zero-order valence-electron chi connectivity index (χ0n) is 11.2. The van der Waals surface area contributed by atoms with Gasteiger partial charge in [0.25, 0.3) is 0 Å². The van der Waals surface area contributed by atoms with E-state index in [4.69, 9.17) is 16.7 Å². The number of benzene rings is 1. The van der Waals surface area contributed by atoms with Crippen LogP contribution in [-0.2, 0) is 11.3 Å². The zero-order valence-corrected chi connectivity index (χ0v) is 11.9. The van der Waals surface area contributed by atoms with Crippen molar-refractivity contribution in [1.82, 2.24) is 10.2 Å². The van der Waals surface area contributed by atoms with Crippen LogP contribution in [0.15, 0.2) is 18.2 Å². The van der Waals surface area contributed by atoms with Crippen LogP contribution in [0.1, 0.15) is 12.5 Å². The molecule has 0 aliphatic heterocycles. The quantitative estimate of drug-likeness (QED) is 0.877. The number of carbonyl (C=O) groups is 2. The molecule has 1 aromatic rings. The highest BCUT2D eigenvalue weighted by Crippen LogP contribution is 2.15. The number of urea groups is 1. The fourth-order valence-electron chi connectivity index (χ4n) is 1.53. The molecule has 0 aliphatic rings. The molecule has 0 aromatic heterocycles. The van der Waals surface area contributed by atoms with Crippen LogP contribution >= 0.6 is 11.6 Å². The first-order valence-corrected chi connectivity index (χ1v) is 6.34. The van der Waals surface area contributed by atoms with Crippen molar-refractivity contribution in [1.29, 1.82) is 0 Å². The van der Waals surface area contributed by atoms with Crippen molar-refractivity contribution in [2.75, 3.05) is 13.6 Å². The molecule has 7 heteroatoms. The van der Waals surface area contributed by atoms with Crippen LogP contribution in [0, 0.1) is 11.7 Å². The Kier molecular flexibility index (Phi) is 5.76. The van der Waals surface area contributed by atoms with Gasteiger partial charge in [0.15, 0.2) is 0 Å². The topological polar surface area (TPSA) is 69.6 Å². The third kappa shape index (κ3) is 4.70. The van der Waals surface area contributed by atoms with Crippen LogP contribution in [0.4, 0.5) is 9.18 Å². The second kappa shape index (κ2) is 7.09. The van der Waals surface area contributed by atoms with Crippen molar-refractivity contribution >= 4 is 23.6 Å².